The first-order valence-corrected chi connectivity index (χ1v) is 2.28. The summed E-state index contributed by atoms with van der Waals surface area (Å²) in [7, 11) is 0. The summed E-state index contributed by atoms with van der Waals surface area (Å²) in [6.45, 7) is 0. The molecule has 0 spiro atoms. The Morgan fingerprint density at radius 2 is 1.17 bits per heavy atom. The van der Waals surface area contributed by atoms with Crippen molar-refractivity contribution in [2.75, 3.05) is 0 Å². The van der Waals surface area contributed by atoms with Crippen LogP contribution in [0.1, 0.15) is 4.28 Å². The molecule has 0 heterocycles. The summed E-state index contributed by atoms with van der Waals surface area (Å²) >= 11 is 0. The summed E-state index contributed by atoms with van der Waals surface area (Å²) in [5, 5.41) is 32.5. The van der Waals surface area contributed by atoms with Gasteiger partial charge in [0.15, 0.2) is 12.2 Å². The SMILES string of the molecule is O=C(O)C(O)C(O)C(=O)O.[Ca+2].[H-].[H-].[H-].[Na+]. The minimum Gasteiger partial charge on any atom is -1.00 e. The second-order valence-electron chi connectivity index (χ2n) is 1.57. The van der Waals surface area contributed by atoms with Crippen LogP contribution in [0.5, 0.6) is 0 Å². The number of carbonyl (C=O) groups is 2. The molecule has 0 amide bonds. The number of hydrogen-bond donors (Lipinski definition) is 4. The van der Waals surface area contributed by atoms with Crippen molar-refractivity contribution in [2.24, 2.45) is 0 Å². The number of aliphatic carboxylic acids is 2. The molecule has 0 aliphatic carbocycles. The van der Waals surface area contributed by atoms with E-state index in [0.717, 1.165) is 0 Å². The Balaban J connectivity index is -0.0000000405. The first-order valence-electron chi connectivity index (χ1n) is 2.28. The van der Waals surface area contributed by atoms with Gasteiger partial charge in [0.1, 0.15) is 0 Å². The molecule has 4 N–H and O–H groups in total. The topological polar surface area (TPSA) is 115 Å². The molecule has 0 aromatic rings. The van der Waals surface area contributed by atoms with E-state index >= 15 is 0 Å². The monoisotopic (exact) mass is 216 g/mol. The zero-order valence-corrected chi connectivity index (χ0v) is 10.7. The first-order chi connectivity index (χ1) is 4.46. The van der Waals surface area contributed by atoms with Crippen LogP contribution in [-0.2, 0) is 9.59 Å². The van der Waals surface area contributed by atoms with Crippen LogP contribution < -0.4 is 29.6 Å². The van der Waals surface area contributed by atoms with Crippen LogP contribution in [0.3, 0.4) is 0 Å². The van der Waals surface area contributed by atoms with Crippen molar-refractivity contribution in [1.29, 1.82) is 0 Å². The number of hydrogen-bond acceptors (Lipinski definition) is 4. The van der Waals surface area contributed by atoms with Crippen molar-refractivity contribution in [3.05, 3.63) is 0 Å². The van der Waals surface area contributed by atoms with E-state index in [1.54, 1.807) is 0 Å². The summed E-state index contributed by atoms with van der Waals surface area (Å²) < 4.78 is 0. The van der Waals surface area contributed by atoms with Crippen molar-refractivity contribution < 1.29 is 63.9 Å². The molecule has 0 radical (unpaired) electrons. The molecule has 0 aliphatic rings. The zero-order chi connectivity index (χ0) is 8.31. The van der Waals surface area contributed by atoms with Gasteiger partial charge >= 0.3 is 79.2 Å². The molecule has 0 saturated carbocycles. The molecular formula is C4H9CaNaO6. The van der Waals surface area contributed by atoms with Crippen molar-refractivity contribution in [1.82, 2.24) is 0 Å². The van der Waals surface area contributed by atoms with Crippen molar-refractivity contribution in [3.63, 3.8) is 0 Å². The van der Waals surface area contributed by atoms with E-state index in [1.807, 2.05) is 0 Å². The molecule has 8 heteroatoms. The molecule has 0 saturated heterocycles. The average Bonchev–Trinajstić information content (AvgIpc) is 1.84. The van der Waals surface area contributed by atoms with E-state index in [2.05, 4.69) is 0 Å². The van der Waals surface area contributed by atoms with Crippen molar-refractivity contribution in [3.8, 4) is 0 Å². The van der Waals surface area contributed by atoms with Crippen molar-refractivity contribution in [2.45, 2.75) is 12.2 Å². The third kappa shape index (κ3) is 6.62. The minimum atomic E-state index is -2.27. The Bertz CT molecular complexity index is 154. The quantitative estimate of drug-likeness (QED) is 0.351. The molecular weight excluding hydrogens is 207 g/mol. The number of rotatable bonds is 3. The van der Waals surface area contributed by atoms with E-state index in [4.69, 9.17) is 20.4 Å². The van der Waals surface area contributed by atoms with Crippen LogP contribution in [0.2, 0.25) is 0 Å². The Labute approximate surface area is 124 Å². The molecule has 0 aromatic heterocycles. The smallest absolute Gasteiger partial charge is 1.00 e. The predicted molar refractivity (Wildman–Crippen MR) is 36.4 cm³/mol. The van der Waals surface area contributed by atoms with Gasteiger partial charge < -0.3 is 24.7 Å². The van der Waals surface area contributed by atoms with Gasteiger partial charge in [-0.25, -0.2) is 9.59 Å². The van der Waals surface area contributed by atoms with Crippen LogP contribution in [0.15, 0.2) is 0 Å². The molecule has 0 aliphatic heterocycles. The number of carboxylic acid groups (broad SMARTS) is 2. The summed E-state index contributed by atoms with van der Waals surface area (Å²) in [6, 6.07) is 0. The van der Waals surface area contributed by atoms with Gasteiger partial charge in [-0.15, -0.1) is 0 Å². The van der Waals surface area contributed by atoms with Crippen LogP contribution in [-0.4, -0.2) is 82.3 Å². The Hall–Kier alpha value is 1.12. The van der Waals surface area contributed by atoms with E-state index in [0.29, 0.717) is 0 Å². The minimum absolute atomic E-state index is 0. The largest absolute Gasteiger partial charge is 2.00 e. The van der Waals surface area contributed by atoms with Gasteiger partial charge in [-0.2, -0.15) is 0 Å². The summed E-state index contributed by atoms with van der Waals surface area (Å²) in [6.07, 6.45) is -4.53. The fraction of sp³-hybridized carbons (Fsp3) is 0.500. The summed E-state index contributed by atoms with van der Waals surface area (Å²) in [5.41, 5.74) is 0. The van der Waals surface area contributed by atoms with Gasteiger partial charge in [0, 0.05) is 0 Å². The molecule has 0 bridgehead atoms. The standard InChI is InChI=1S/C4H6O6.Ca.Na.3H/c5-1(3(7)8)2(6)4(9)10;;;;;/h1-2,5-6H,(H,7,8)(H,9,10);;;;;/q;+2;+1;3*-1. The van der Waals surface area contributed by atoms with Gasteiger partial charge in [0.05, 0.1) is 0 Å². The Morgan fingerprint density at radius 1 is 1.00 bits per heavy atom. The van der Waals surface area contributed by atoms with Crippen LogP contribution in [0.4, 0.5) is 0 Å². The maximum atomic E-state index is 9.77. The Morgan fingerprint density at radius 3 is 1.25 bits per heavy atom. The molecule has 0 fully saturated rings. The van der Waals surface area contributed by atoms with Gasteiger partial charge in [-0.05, 0) is 0 Å². The van der Waals surface area contributed by atoms with Crippen molar-refractivity contribution >= 4 is 49.7 Å². The molecule has 6 nitrogen and oxygen atoms in total. The van der Waals surface area contributed by atoms with E-state index in [1.165, 1.54) is 0 Å². The third-order valence-corrected chi connectivity index (χ3v) is 0.805. The van der Waals surface area contributed by atoms with E-state index in [-0.39, 0.29) is 71.6 Å². The van der Waals surface area contributed by atoms with E-state index < -0.39 is 24.1 Å². The van der Waals surface area contributed by atoms with Crippen LogP contribution in [0.25, 0.3) is 0 Å². The molecule has 2 atom stereocenters. The van der Waals surface area contributed by atoms with Gasteiger partial charge in [0.2, 0.25) is 0 Å². The first kappa shape index (κ1) is 18.8. The molecule has 12 heavy (non-hydrogen) atoms. The van der Waals surface area contributed by atoms with E-state index in [9.17, 15) is 9.59 Å². The molecule has 0 aromatic carbocycles. The fourth-order valence-corrected chi connectivity index (χ4v) is 0.270. The number of aliphatic hydroxyl groups is 2. The molecule has 64 valence electrons. The van der Waals surface area contributed by atoms with Gasteiger partial charge in [-0.3, -0.25) is 0 Å². The van der Waals surface area contributed by atoms with Gasteiger partial charge in [-0.1, -0.05) is 0 Å². The van der Waals surface area contributed by atoms with Gasteiger partial charge in [0.25, 0.3) is 0 Å². The second-order valence-corrected chi connectivity index (χ2v) is 1.57. The average molecular weight is 216 g/mol. The zero-order valence-electron chi connectivity index (χ0n) is 9.47. The third-order valence-electron chi connectivity index (χ3n) is 0.805. The number of carboxylic acids is 2. The molecule has 2 unspecified atom stereocenters. The fourth-order valence-electron chi connectivity index (χ4n) is 0.270. The second kappa shape index (κ2) is 8.71. The predicted octanol–water partition coefficient (Wildman–Crippen LogP) is -5.16. The normalized spacial score (nSPS) is 13.2. The summed E-state index contributed by atoms with van der Waals surface area (Å²) in [4.78, 5) is 19.5. The maximum absolute atomic E-state index is 9.77. The number of aliphatic hydroxyl groups excluding tert-OH is 2. The summed E-state index contributed by atoms with van der Waals surface area (Å²) in [5.74, 6) is -3.54. The molecule has 0 rings (SSSR count). The van der Waals surface area contributed by atoms with Crippen LogP contribution >= 0.6 is 0 Å². The van der Waals surface area contributed by atoms with Crippen LogP contribution in [0, 0.1) is 0 Å². The Kier molecular flexibility index (Phi) is 13.7. The maximum Gasteiger partial charge on any atom is 2.00 e.